The van der Waals surface area contributed by atoms with Gasteiger partial charge < -0.3 is 14.9 Å². The topological polar surface area (TPSA) is 83.8 Å². The lowest BCUT2D eigenvalue weighted by atomic mass is 9.61. The first kappa shape index (κ1) is 25.4. The number of esters is 1. The molecule has 4 atom stereocenters. The molecular weight excluding hydrogens is 416 g/mol. The van der Waals surface area contributed by atoms with Crippen molar-refractivity contribution in [1.29, 1.82) is 0 Å². The lowest BCUT2D eigenvalue weighted by Gasteiger charge is -2.45. The van der Waals surface area contributed by atoms with Crippen molar-refractivity contribution in [2.45, 2.75) is 76.4 Å². The Morgan fingerprint density at radius 3 is 2.64 bits per heavy atom. The number of ketones is 1. The van der Waals surface area contributed by atoms with Crippen molar-refractivity contribution >= 4 is 11.8 Å². The van der Waals surface area contributed by atoms with Crippen LogP contribution in [0, 0.1) is 17.3 Å². The van der Waals surface area contributed by atoms with Crippen LogP contribution in [0.3, 0.4) is 0 Å². The van der Waals surface area contributed by atoms with Gasteiger partial charge in [-0.05, 0) is 50.5 Å². The minimum absolute atomic E-state index is 0.0673. The number of Topliss-reactive ketones (excluding diaryl/α,β-unsaturated/α-hetero) is 1. The molecule has 0 radical (unpaired) electrons. The molecule has 2 aliphatic carbocycles. The third kappa shape index (κ3) is 6.87. The van der Waals surface area contributed by atoms with Crippen LogP contribution in [0.4, 0.5) is 0 Å². The number of carbonyl (C=O) groups excluding carboxylic acids is 2. The first-order valence-corrected chi connectivity index (χ1v) is 12.3. The zero-order valence-electron chi connectivity index (χ0n) is 19.7. The number of ether oxygens (including phenoxy) is 1. The van der Waals surface area contributed by atoms with Crippen LogP contribution < -0.4 is 0 Å². The number of hydrogen-bond donors (Lipinski definition) is 2. The van der Waals surface area contributed by atoms with Crippen molar-refractivity contribution in [3.8, 4) is 0 Å². The molecule has 3 rings (SSSR count). The highest BCUT2D eigenvalue weighted by Crippen LogP contribution is 2.47. The van der Waals surface area contributed by atoms with Crippen LogP contribution in [0.25, 0.3) is 0 Å². The predicted octanol–water partition coefficient (Wildman–Crippen LogP) is 4.56. The van der Waals surface area contributed by atoms with Gasteiger partial charge in [0.25, 0.3) is 0 Å². The molecule has 0 spiro atoms. The van der Waals surface area contributed by atoms with Crippen molar-refractivity contribution in [3.63, 3.8) is 0 Å². The molecule has 0 heterocycles. The largest absolute Gasteiger partial charge is 0.469 e. The van der Waals surface area contributed by atoms with E-state index in [-0.39, 0.29) is 35.4 Å². The predicted molar refractivity (Wildman–Crippen MR) is 128 cm³/mol. The molecule has 33 heavy (non-hydrogen) atoms. The smallest absolute Gasteiger partial charge is 0.305 e. The standard InChI is InChI=1S/C28H38O5/c1-33-27(32)16-8-3-2-7-13-22-23(25(30)19-24(22)29)14-9-15-26(31)28(17-10-18-28)20-21-11-5-4-6-12-21/h2,4-7,9,11-12,14,22-23,25-26,30-31H,3,8,10,13,15-20H2,1H3/b7-2-,14-9+/t22-,23-,25-,26?/m1/s1. The number of methoxy groups -OCH3 is 1. The van der Waals surface area contributed by atoms with E-state index >= 15 is 0 Å². The van der Waals surface area contributed by atoms with E-state index in [0.717, 1.165) is 38.5 Å². The fourth-order valence-electron chi connectivity index (χ4n) is 5.23. The average molecular weight is 455 g/mol. The van der Waals surface area contributed by atoms with Crippen LogP contribution in [-0.4, -0.2) is 41.3 Å². The maximum Gasteiger partial charge on any atom is 0.305 e. The van der Waals surface area contributed by atoms with E-state index in [4.69, 9.17) is 0 Å². The summed E-state index contributed by atoms with van der Waals surface area (Å²) in [6, 6.07) is 10.3. The van der Waals surface area contributed by atoms with Crippen molar-refractivity contribution in [1.82, 2.24) is 0 Å². The fourth-order valence-corrected chi connectivity index (χ4v) is 5.23. The van der Waals surface area contributed by atoms with Gasteiger partial charge in [-0.3, -0.25) is 9.59 Å². The zero-order valence-corrected chi connectivity index (χ0v) is 19.7. The molecule has 2 aliphatic rings. The number of hydrogen-bond acceptors (Lipinski definition) is 5. The number of allylic oxidation sites excluding steroid dienone is 2. The van der Waals surface area contributed by atoms with Gasteiger partial charge in [0.15, 0.2) is 0 Å². The summed E-state index contributed by atoms with van der Waals surface area (Å²) in [6.07, 6.45) is 14.1. The van der Waals surface area contributed by atoms with E-state index in [0.29, 0.717) is 19.3 Å². The maximum absolute atomic E-state index is 12.4. The Morgan fingerprint density at radius 1 is 1.21 bits per heavy atom. The van der Waals surface area contributed by atoms with Crippen molar-refractivity contribution in [2.75, 3.05) is 7.11 Å². The second-order valence-electron chi connectivity index (χ2n) is 9.66. The summed E-state index contributed by atoms with van der Waals surface area (Å²) < 4.78 is 4.63. The highest BCUT2D eigenvalue weighted by atomic mass is 16.5. The van der Waals surface area contributed by atoms with Gasteiger partial charge in [-0.25, -0.2) is 0 Å². The van der Waals surface area contributed by atoms with Crippen molar-refractivity contribution in [3.05, 3.63) is 60.2 Å². The molecule has 0 aliphatic heterocycles. The molecule has 0 bridgehead atoms. The Hall–Kier alpha value is -2.24. The number of rotatable bonds is 12. The quantitative estimate of drug-likeness (QED) is 0.275. The molecule has 180 valence electrons. The lowest BCUT2D eigenvalue weighted by Crippen LogP contribution is -2.43. The SMILES string of the molecule is COC(=O)CCC/C=C\C[C@H]1C(=O)C[C@@H](O)[C@@H]1/C=C/CC(O)C1(Cc2ccccc2)CCC1. The summed E-state index contributed by atoms with van der Waals surface area (Å²) in [7, 11) is 1.39. The van der Waals surface area contributed by atoms with E-state index < -0.39 is 12.2 Å². The Balaban J connectivity index is 1.51. The normalized spacial score (nSPS) is 25.4. The van der Waals surface area contributed by atoms with E-state index in [2.05, 4.69) is 16.9 Å². The first-order chi connectivity index (χ1) is 15.9. The highest BCUT2D eigenvalue weighted by molar-refractivity contribution is 5.84. The molecule has 5 heteroatoms. The molecule has 1 unspecified atom stereocenters. The molecule has 2 saturated carbocycles. The van der Waals surface area contributed by atoms with E-state index in [9.17, 15) is 19.8 Å². The number of carbonyl (C=O) groups is 2. The van der Waals surface area contributed by atoms with Gasteiger partial charge in [0.1, 0.15) is 5.78 Å². The van der Waals surface area contributed by atoms with Crippen LogP contribution >= 0.6 is 0 Å². The van der Waals surface area contributed by atoms with Crippen molar-refractivity contribution < 1.29 is 24.5 Å². The summed E-state index contributed by atoms with van der Waals surface area (Å²) in [5, 5.41) is 21.4. The van der Waals surface area contributed by atoms with Gasteiger partial charge in [-0.1, -0.05) is 61.1 Å². The fraction of sp³-hybridized carbons (Fsp3) is 0.571. The van der Waals surface area contributed by atoms with E-state index in [1.54, 1.807) is 0 Å². The Bertz CT molecular complexity index is 824. The summed E-state index contributed by atoms with van der Waals surface area (Å²) in [5.41, 5.74) is 1.19. The Kier molecular flexibility index (Phi) is 9.45. The van der Waals surface area contributed by atoms with Gasteiger partial charge in [-0.2, -0.15) is 0 Å². The number of aliphatic hydroxyl groups excluding tert-OH is 2. The van der Waals surface area contributed by atoms with Gasteiger partial charge >= 0.3 is 5.97 Å². The van der Waals surface area contributed by atoms with Crippen LogP contribution in [0.1, 0.15) is 63.4 Å². The third-order valence-electron chi connectivity index (χ3n) is 7.44. The lowest BCUT2D eigenvalue weighted by molar-refractivity contribution is -0.140. The minimum atomic E-state index is -0.661. The van der Waals surface area contributed by atoms with Crippen LogP contribution in [0.15, 0.2) is 54.6 Å². The third-order valence-corrected chi connectivity index (χ3v) is 7.44. The Labute approximate surface area is 197 Å². The molecule has 1 aromatic rings. The van der Waals surface area contributed by atoms with Gasteiger partial charge in [-0.15, -0.1) is 0 Å². The average Bonchev–Trinajstić information content (AvgIpc) is 3.05. The first-order valence-electron chi connectivity index (χ1n) is 12.3. The van der Waals surface area contributed by atoms with Gasteiger partial charge in [0.05, 0.1) is 19.3 Å². The molecule has 0 saturated heterocycles. The van der Waals surface area contributed by atoms with Crippen LogP contribution in [0.2, 0.25) is 0 Å². The minimum Gasteiger partial charge on any atom is -0.469 e. The van der Waals surface area contributed by atoms with Crippen LogP contribution in [-0.2, 0) is 20.7 Å². The monoisotopic (exact) mass is 454 g/mol. The molecule has 5 nitrogen and oxygen atoms in total. The summed E-state index contributed by atoms with van der Waals surface area (Å²) >= 11 is 0. The summed E-state index contributed by atoms with van der Waals surface area (Å²) in [6.45, 7) is 0. The second-order valence-corrected chi connectivity index (χ2v) is 9.66. The molecular formula is C28H38O5. The summed E-state index contributed by atoms with van der Waals surface area (Å²) in [4.78, 5) is 23.6. The molecule has 0 aromatic heterocycles. The summed E-state index contributed by atoms with van der Waals surface area (Å²) in [5.74, 6) is -0.558. The van der Waals surface area contributed by atoms with Crippen LogP contribution in [0.5, 0.6) is 0 Å². The van der Waals surface area contributed by atoms with Gasteiger partial charge in [0, 0.05) is 30.1 Å². The molecule has 2 fully saturated rings. The van der Waals surface area contributed by atoms with E-state index in [1.165, 1.54) is 12.7 Å². The molecule has 0 amide bonds. The maximum atomic E-state index is 12.4. The Morgan fingerprint density at radius 2 is 1.97 bits per heavy atom. The number of unbranched alkanes of at least 4 members (excludes halogenated alkanes) is 1. The number of aliphatic hydroxyl groups is 2. The molecule has 1 aromatic carbocycles. The highest BCUT2D eigenvalue weighted by Gasteiger charge is 2.43. The van der Waals surface area contributed by atoms with E-state index in [1.807, 2.05) is 42.5 Å². The zero-order chi connectivity index (χ0) is 23.7. The van der Waals surface area contributed by atoms with Gasteiger partial charge in [0.2, 0.25) is 0 Å². The molecule has 2 N–H and O–H groups in total. The van der Waals surface area contributed by atoms with Crippen molar-refractivity contribution in [2.24, 2.45) is 17.3 Å². The number of benzene rings is 1. The second kappa shape index (κ2) is 12.3.